The van der Waals surface area contributed by atoms with Crippen LogP contribution in [0.3, 0.4) is 0 Å². The molecule has 0 heterocycles. The first kappa shape index (κ1) is 20.9. The average molecular weight is 892 g/mol. The topological polar surface area (TPSA) is 9.23 Å². The molecule has 0 N–H and O–H groups in total. The Kier molecular flexibility index (Phi) is 8.06. The molecule has 118 valence electrons. The number of ether oxygens (including phenoxy) is 1. The second-order valence-electron chi connectivity index (χ2n) is 3.80. The van der Waals surface area contributed by atoms with Crippen LogP contribution in [0.1, 0.15) is 0 Å². The third kappa shape index (κ3) is 4.10. The molecule has 0 saturated carbocycles. The zero-order valence-electron chi connectivity index (χ0n) is 9.89. The molecule has 0 aromatic heterocycles. The van der Waals surface area contributed by atoms with E-state index in [9.17, 15) is 0 Å². The standard InChI is InChI=1S/C12HBr9O/c13-2-1-3(14)11(8(19)4(2)15)22-12-9(20)6(17)5(16)7(18)10(12)21/h1H/i1+1,2+1,3+1,4+1,5+1,6+1,7+1,8+1,9+1,10+1,11+1,12+1. The molecular weight excluding hydrogens is 891 g/mol. The smallest absolute Gasteiger partial charge is 0.158 e. The van der Waals surface area contributed by atoms with Crippen LogP contribution >= 0.6 is 143 Å². The molecule has 10 heteroatoms. The van der Waals surface area contributed by atoms with Crippen LogP contribution in [0.15, 0.2) is 46.3 Å². The van der Waals surface area contributed by atoms with E-state index in [0.29, 0.717) is 11.5 Å². The molecule has 22 heavy (non-hydrogen) atoms. The van der Waals surface area contributed by atoms with Gasteiger partial charge in [0.15, 0.2) is 11.5 Å². The summed E-state index contributed by atoms with van der Waals surface area (Å²) in [4.78, 5) is 0. The van der Waals surface area contributed by atoms with Gasteiger partial charge in [-0.25, -0.2) is 0 Å². The van der Waals surface area contributed by atoms with Gasteiger partial charge in [0.1, 0.15) is 0 Å². The minimum absolute atomic E-state index is 0.637. The quantitative estimate of drug-likeness (QED) is 0.216. The molecule has 0 bridgehead atoms. The summed E-state index contributed by atoms with van der Waals surface area (Å²) in [6, 6.07) is 1.91. The van der Waals surface area contributed by atoms with Gasteiger partial charge in [-0.05, 0) is 149 Å². The molecular formula is C12HBr9O. The third-order valence-corrected chi connectivity index (χ3v) is 12.3. The van der Waals surface area contributed by atoms with E-state index in [1.165, 1.54) is 0 Å². The van der Waals surface area contributed by atoms with Crippen molar-refractivity contribution in [3.8, 4) is 11.5 Å². The fourth-order valence-corrected chi connectivity index (χ4v) is 7.17. The van der Waals surface area contributed by atoms with Gasteiger partial charge in [0, 0.05) is 13.4 Å². The van der Waals surface area contributed by atoms with Crippen LogP contribution in [-0.4, -0.2) is 0 Å². The highest BCUT2D eigenvalue weighted by Gasteiger charge is 2.22. The first-order chi connectivity index (χ1) is 10.2. The minimum Gasteiger partial charge on any atom is -0.452 e. The summed E-state index contributed by atoms with van der Waals surface area (Å²) in [6.45, 7) is 0. The van der Waals surface area contributed by atoms with Crippen molar-refractivity contribution in [1.29, 1.82) is 0 Å². The van der Waals surface area contributed by atoms with Gasteiger partial charge >= 0.3 is 0 Å². The molecule has 0 amide bonds. The molecule has 0 aliphatic rings. The molecule has 0 aliphatic carbocycles. The van der Waals surface area contributed by atoms with Crippen LogP contribution in [0, 0.1) is 0 Å². The van der Waals surface area contributed by atoms with Crippen LogP contribution in [0.5, 0.6) is 11.5 Å². The first-order valence-corrected chi connectivity index (χ1v) is 12.3. The van der Waals surface area contributed by atoms with E-state index in [-0.39, 0.29) is 0 Å². The Bertz CT molecular complexity index is 743. The van der Waals surface area contributed by atoms with E-state index in [2.05, 4.69) is 143 Å². The Hall–Kier alpha value is 2.56. The summed E-state index contributed by atoms with van der Waals surface area (Å²) in [6.07, 6.45) is 0. The molecule has 0 aliphatic heterocycles. The Morgan fingerprint density at radius 1 is 0.455 bits per heavy atom. The van der Waals surface area contributed by atoms with Crippen molar-refractivity contribution in [3.63, 3.8) is 0 Å². The molecule has 0 fully saturated rings. The highest BCUT2D eigenvalue weighted by atomic mass is 79.9. The maximum atomic E-state index is 6.13. The highest BCUT2D eigenvalue weighted by Crippen LogP contribution is 2.52. The van der Waals surface area contributed by atoms with Crippen molar-refractivity contribution in [2.75, 3.05) is 0 Å². The number of hydrogen-bond donors (Lipinski definition) is 0. The lowest BCUT2D eigenvalue weighted by Crippen LogP contribution is -1.93. The van der Waals surface area contributed by atoms with E-state index >= 15 is 0 Å². The predicted molar refractivity (Wildman–Crippen MR) is 122 cm³/mol. The summed E-state index contributed by atoms with van der Waals surface area (Å²) >= 11 is 31.7. The lowest BCUT2D eigenvalue weighted by Gasteiger charge is -2.17. The number of rotatable bonds is 2. The Labute approximate surface area is 202 Å². The van der Waals surface area contributed by atoms with Gasteiger partial charge < -0.3 is 4.74 Å². The lowest BCUT2D eigenvalue weighted by molar-refractivity contribution is 0.469. The summed E-state index contributed by atoms with van der Waals surface area (Å²) in [5.74, 6) is 1.29. The molecule has 0 radical (unpaired) electrons. The average Bonchev–Trinajstić information content (AvgIpc) is 2.48. The highest BCUT2D eigenvalue weighted by molar-refractivity contribution is 9.16. The van der Waals surface area contributed by atoms with Crippen molar-refractivity contribution >= 4 is 143 Å². The molecule has 0 spiro atoms. The third-order valence-electron chi connectivity index (χ3n) is 2.45. The SMILES string of the molecule is Br[13c]1[13cH][13c](Br)[13c](O[13c]2[13c](Br)[13c](Br)[13c](Br)[13c](Br)[13c]2Br)[13c](Br)[13c]1Br. The normalized spacial score (nSPS) is 11.0. The number of benzene rings is 2. The van der Waals surface area contributed by atoms with Gasteiger partial charge in [-0.2, -0.15) is 0 Å². The van der Waals surface area contributed by atoms with Gasteiger partial charge in [0.25, 0.3) is 0 Å². The number of hydrogen-bond acceptors (Lipinski definition) is 1. The van der Waals surface area contributed by atoms with Gasteiger partial charge in [-0.3, -0.25) is 0 Å². The maximum absolute atomic E-state index is 6.13. The minimum atomic E-state index is 0.637. The molecule has 0 saturated heterocycles. The fraction of sp³-hybridized carbons (Fsp3) is 0. The van der Waals surface area contributed by atoms with Gasteiger partial charge in [-0.1, -0.05) is 0 Å². The monoisotopic (exact) mass is 883 g/mol. The summed E-state index contributed by atoms with van der Waals surface area (Å²) in [5.41, 5.74) is 0. The van der Waals surface area contributed by atoms with E-state index in [4.69, 9.17) is 4.74 Å². The van der Waals surface area contributed by atoms with Gasteiger partial charge in [0.2, 0.25) is 0 Å². The second kappa shape index (κ2) is 8.50. The van der Waals surface area contributed by atoms with Crippen LogP contribution in [0.25, 0.3) is 0 Å². The van der Waals surface area contributed by atoms with Crippen molar-refractivity contribution in [2.45, 2.75) is 0 Å². The zero-order valence-corrected chi connectivity index (χ0v) is 24.2. The fourth-order valence-electron chi connectivity index (χ4n) is 1.42. The van der Waals surface area contributed by atoms with Crippen LogP contribution in [-0.2, 0) is 0 Å². The summed E-state index contributed by atoms with van der Waals surface area (Å²) < 4.78 is 13.7. The first-order valence-electron chi connectivity index (χ1n) is 5.19. The van der Waals surface area contributed by atoms with Crippen molar-refractivity contribution in [3.05, 3.63) is 46.3 Å². The Morgan fingerprint density at radius 2 is 0.864 bits per heavy atom. The Morgan fingerprint density at radius 3 is 1.36 bits per heavy atom. The molecule has 2 aromatic rings. The molecule has 2 aromatic carbocycles. The molecule has 1 nitrogen and oxygen atoms in total. The summed E-state index contributed by atoms with van der Waals surface area (Å²) in [5, 5.41) is 0. The predicted octanol–water partition coefficient (Wildman–Crippen LogP) is 10.3. The van der Waals surface area contributed by atoms with E-state index < -0.39 is 0 Å². The van der Waals surface area contributed by atoms with E-state index in [0.717, 1.165) is 40.3 Å². The van der Waals surface area contributed by atoms with Crippen LogP contribution < -0.4 is 4.74 Å². The van der Waals surface area contributed by atoms with Crippen molar-refractivity contribution in [2.24, 2.45) is 0 Å². The summed E-state index contributed by atoms with van der Waals surface area (Å²) in [7, 11) is 0. The number of halogens is 9. The lowest BCUT2D eigenvalue weighted by atomic mass is 11.3. The maximum Gasteiger partial charge on any atom is 0.158 e. The Balaban J connectivity index is 2.66. The zero-order chi connectivity index (χ0) is 16.8. The molecule has 0 unspecified atom stereocenters. The van der Waals surface area contributed by atoms with Crippen LogP contribution in [0.4, 0.5) is 0 Å². The van der Waals surface area contributed by atoms with Gasteiger partial charge in [0.05, 0.1) is 26.8 Å². The molecule has 0 atom stereocenters. The van der Waals surface area contributed by atoms with Gasteiger partial charge in [-0.15, -0.1) is 0 Å². The van der Waals surface area contributed by atoms with Crippen molar-refractivity contribution in [1.82, 2.24) is 0 Å². The largest absolute Gasteiger partial charge is 0.452 e. The molecule has 2 rings (SSSR count). The van der Waals surface area contributed by atoms with Crippen LogP contribution in [0.2, 0.25) is 0 Å². The van der Waals surface area contributed by atoms with E-state index in [1.807, 2.05) is 6.07 Å². The van der Waals surface area contributed by atoms with E-state index in [1.54, 1.807) is 0 Å². The van der Waals surface area contributed by atoms with Crippen molar-refractivity contribution < 1.29 is 4.74 Å². The second-order valence-corrected chi connectivity index (χ2v) is 11.1.